The molecule has 3 aromatic rings. The number of nitrogens with zero attached hydrogens (tertiary/aromatic N) is 6. The molecule has 2 aliphatic heterocycles. The predicted octanol–water partition coefficient (Wildman–Crippen LogP) is 3.24. The Morgan fingerprint density at radius 1 is 1.19 bits per heavy atom. The van der Waals surface area contributed by atoms with Crippen LogP contribution in [-0.2, 0) is 16.1 Å². The summed E-state index contributed by atoms with van der Waals surface area (Å²) in [5.41, 5.74) is 1.38. The highest BCUT2D eigenvalue weighted by Crippen LogP contribution is 2.30. The standard InChI is InChI=1S/C25H30FN7O2S/c1-2-13-36-25-29-22(31-10-3-4-11-31)20-15-28-33(23(20)30-25)12-9-27-24(35)17-14-21(34)32(16-17)19-7-5-18(26)6-8-19/h5-8,15,17H,2-4,9-14,16H2,1H3,(H,27,35). The molecule has 4 heterocycles. The minimum Gasteiger partial charge on any atom is -0.356 e. The lowest BCUT2D eigenvalue weighted by Gasteiger charge is -2.18. The van der Waals surface area contributed by atoms with Crippen molar-refractivity contribution in [3.05, 3.63) is 36.3 Å². The molecule has 9 nitrogen and oxygen atoms in total. The first-order chi connectivity index (χ1) is 17.5. The molecule has 190 valence electrons. The fraction of sp³-hybridized carbons (Fsp3) is 0.480. The van der Waals surface area contributed by atoms with Crippen LogP contribution in [0.15, 0.2) is 35.6 Å². The number of carbonyl (C=O) groups excluding carboxylic acids is 2. The molecular formula is C25H30FN7O2S. The van der Waals surface area contributed by atoms with Crippen LogP contribution in [0.5, 0.6) is 0 Å². The first-order valence-corrected chi connectivity index (χ1v) is 13.5. The SMILES string of the molecule is CCCSc1nc(N2CCCC2)c2cnn(CCNC(=O)C3CC(=O)N(c4ccc(F)cc4)C3)c2n1. The zero-order valence-corrected chi connectivity index (χ0v) is 21.1. The molecule has 11 heteroatoms. The second-order valence-corrected chi connectivity index (χ2v) is 10.2. The number of fused-ring (bicyclic) bond motifs is 1. The van der Waals surface area contributed by atoms with Crippen LogP contribution < -0.4 is 15.1 Å². The van der Waals surface area contributed by atoms with E-state index in [0.717, 1.165) is 60.1 Å². The summed E-state index contributed by atoms with van der Waals surface area (Å²) >= 11 is 1.65. The Morgan fingerprint density at radius 2 is 1.97 bits per heavy atom. The average Bonchev–Trinajstić information content (AvgIpc) is 3.63. The van der Waals surface area contributed by atoms with Gasteiger partial charge in [-0.1, -0.05) is 18.7 Å². The average molecular weight is 512 g/mol. The topological polar surface area (TPSA) is 96.2 Å². The molecule has 5 rings (SSSR count). The van der Waals surface area contributed by atoms with Gasteiger partial charge in [-0.2, -0.15) is 5.10 Å². The van der Waals surface area contributed by atoms with E-state index in [0.29, 0.717) is 18.8 Å². The number of hydrogen-bond donors (Lipinski definition) is 1. The van der Waals surface area contributed by atoms with Gasteiger partial charge in [0.15, 0.2) is 10.8 Å². The van der Waals surface area contributed by atoms with Gasteiger partial charge >= 0.3 is 0 Å². The Kier molecular flexibility index (Phi) is 7.35. The van der Waals surface area contributed by atoms with Crippen LogP contribution in [0, 0.1) is 11.7 Å². The van der Waals surface area contributed by atoms with E-state index in [-0.39, 0.29) is 30.6 Å². The normalized spacial score (nSPS) is 17.9. The van der Waals surface area contributed by atoms with Crippen LogP contribution in [0.1, 0.15) is 32.6 Å². The number of benzene rings is 1. The number of halogens is 1. The van der Waals surface area contributed by atoms with E-state index < -0.39 is 5.92 Å². The lowest BCUT2D eigenvalue weighted by atomic mass is 10.1. The molecule has 36 heavy (non-hydrogen) atoms. The van der Waals surface area contributed by atoms with Crippen LogP contribution >= 0.6 is 11.8 Å². The maximum absolute atomic E-state index is 13.2. The third-order valence-corrected chi connectivity index (χ3v) is 7.61. The fourth-order valence-electron chi connectivity index (χ4n) is 4.70. The number of thioether (sulfide) groups is 1. The highest BCUT2D eigenvalue weighted by atomic mass is 32.2. The van der Waals surface area contributed by atoms with Crippen molar-refractivity contribution in [2.24, 2.45) is 5.92 Å². The smallest absolute Gasteiger partial charge is 0.227 e. The first-order valence-electron chi connectivity index (χ1n) is 12.5. The zero-order valence-electron chi connectivity index (χ0n) is 20.3. The molecule has 2 saturated heterocycles. The van der Waals surface area contributed by atoms with E-state index in [1.54, 1.807) is 23.9 Å². The molecule has 2 amide bonds. The Hall–Kier alpha value is -3.21. The van der Waals surface area contributed by atoms with Gasteiger partial charge in [-0.3, -0.25) is 9.59 Å². The third kappa shape index (κ3) is 5.16. The van der Waals surface area contributed by atoms with Gasteiger partial charge in [0.1, 0.15) is 11.6 Å². The zero-order chi connectivity index (χ0) is 25.1. The highest BCUT2D eigenvalue weighted by Gasteiger charge is 2.35. The van der Waals surface area contributed by atoms with Crippen LogP contribution in [0.4, 0.5) is 15.9 Å². The van der Waals surface area contributed by atoms with Crippen LogP contribution in [0.25, 0.3) is 11.0 Å². The lowest BCUT2D eigenvalue weighted by Crippen LogP contribution is -2.35. The van der Waals surface area contributed by atoms with Crippen LogP contribution in [-0.4, -0.2) is 63.5 Å². The van der Waals surface area contributed by atoms with Crippen molar-refractivity contribution < 1.29 is 14.0 Å². The molecule has 2 aromatic heterocycles. The van der Waals surface area contributed by atoms with Gasteiger partial charge in [-0.15, -0.1) is 0 Å². The molecule has 0 spiro atoms. The van der Waals surface area contributed by atoms with Crippen molar-refractivity contribution in [1.29, 1.82) is 0 Å². The van der Waals surface area contributed by atoms with Crippen molar-refractivity contribution in [2.45, 2.75) is 44.3 Å². The van der Waals surface area contributed by atoms with E-state index in [9.17, 15) is 14.0 Å². The molecule has 2 aliphatic rings. The Bertz CT molecular complexity index is 1240. The number of nitrogens with one attached hydrogen (secondary N) is 1. The Balaban J connectivity index is 1.24. The Labute approximate surface area is 213 Å². The maximum atomic E-state index is 13.2. The lowest BCUT2D eigenvalue weighted by molar-refractivity contribution is -0.126. The van der Waals surface area contributed by atoms with Crippen LogP contribution in [0.3, 0.4) is 0 Å². The van der Waals surface area contributed by atoms with Gasteiger partial charge in [0, 0.05) is 44.0 Å². The molecule has 0 saturated carbocycles. The molecule has 1 N–H and O–H groups in total. The van der Waals surface area contributed by atoms with Crippen molar-refractivity contribution >= 4 is 46.1 Å². The minimum absolute atomic E-state index is 0.136. The monoisotopic (exact) mass is 511 g/mol. The summed E-state index contributed by atoms with van der Waals surface area (Å²) in [5.74, 6) is 0.776. The van der Waals surface area contributed by atoms with Crippen molar-refractivity contribution in [1.82, 2.24) is 25.1 Å². The molecule has 1 atom stereocenters. The molecule has 0 aliphatic carbocycles. The predicted molar refractivity (Wildman–Crippen MR) is 138 cm³/mol. The van der Waals surface area contributed by atoms with Gasteiger partial charge in [0.05, 0.1) is 24.0 Å². The van der Waals surface area contributed by atoms with E-state index in [1.165, 1.54) is 17.0 Å². The number of anilines is 2. The second-order valence-electron chi connectivity index (χ2n) is 9.15. The molecule has 0 bridgehead atoms. The third-order valence-electron chi connectivity index (χ3n) is 6.55. The summed E-state index contributed by atoms with van der Waals surface area (Å²) in [5, 5.41) is 9.18. The summed E-state index contributed by atoms with van der Waals surface area (Å²) in [4.78, 5) is 38.7. The van der Waals surface area contributed by atoms with Crippen molar-refractivity contribution in [2.75, 3.05) is 41.7 Å². The van der Waals surface area contributed by atoms with Gasteiger partial charge in [0.25, 0.3) is 0 Å². The maximum Gasteiger partial charge on any atom is 0.227 e. The van der Waals surface area contributed by atoms with Gasteiger partial charge < -0.3 is 15.1 Å². The fourth-order valence-corrected chi connectivity index (χ4v) is 5.38. The van der Waals surface area contributed by atoms with E-state index in [1.807, 2.05) is 10.9 Å². The first kappa shape index (κ1) is 24.5. The minimum atomic E-state index is -0.446. The van der Waals surface area contributed by atoms with Crippen molar-refractivity contribution in [3.63, 3.8) is 0 Å². The molecule has 1 unspecified atom stereocenters. The molecule has 1 aromatic carbocycles. The van der Waals surface area contributed by atoms with E-state index in [4.69, 9.17) is 9.97 Å². The van der Waals surface area contributed by atoms with Crippen LogP contribution in [0.2, 0.25) is 0 Å². The van der Waals surface area contributed by atoms with E-state index in [2.05, 4.69) is 22.2 Å². The van der Waals surface area contributed by atoms with E-state index >= 15 is 0 Å². The summed E-state index contributed by atoms with van der Waals surface area (Å²) in [7, 11) is 0. The largest absolute Gasteiger partial charge is 0.356 e. The Morgan fingerprint density at radius 3 is 2.72 bits per heavy atom. The number of aromatic nitrogens is 4. The second kappa shape index (κ2) is 10.8. The highest BCUT2D eigenvalue weighted by molar-refractivity contribution is 7.99. The number of carbonyl (C=O) groups is 2. The summed E-state index contributed by atoms with van der Waals surface area (Å²) in [6.45, 7) is 5.23. The number of amides is 2. The van der Waals surface area contributed by atoms with Crippen molar-refractivity contribution in [3.8, 4) is 0 Å². The quantitative estimate of drug-likeness (QED) is 0.348. The molecular weight excluding hydrogens is 481 g/mol. The summed E-state index contributed by atoms with van der Waals surface area (Å²) < 4.78 is 15.0. The van der Waals surface area contributed by atoms with Gasteiger partial charge in [0.2, 0.25) is 11.8 Å². The number of hydrogen-bond acceptors (Lipinski definition) is 7. The molecule has 2 fully saturated rings. The van der Waals surface area contributed by atoms with Gasteiger partial charge in [-0.25, -0.2) is 19.0 Å². The number of rotatable bonds is 9. The summed E-state index contributed by atoms with van der Waals surface area (Å²) in [6.07, 6.45) is 5.31. The molecule has 0 radical (unpaired) electrons. The summed E-state index contributed by atoms with van der Waals surface area (Å²) in [6, 6.07) is 5.74. The van der Waals surface area contributed by atoms with Gasteiger partial charge in [-0.05, 0) is 43.5 Å².